The van der Waals surface area contributed by atoms with E-state index >= 15 is 0 Å². The lowest BCUT2D eigenvalue weighted by molar-refractivity contribution is 0.0668. The number of likely N-dealkylation sites (tertiary alicyclic amines) is 1. The number of aryl methyl sites for hydroxylation is 1. The van der Waals surface area contributed by atoms with Gasteiger partial charge in [0.15, 0.2) is 0 Å². The molecule has 0 aromatic carbocycles. The molecule has 0 bridgehead atoms. The SMILES string of the molecule is Cc1ccc(CN2CCC[C@H](O)C2)cn1. The summed E-state index contributed by atoms with van der Waals surface area (Å²) in [7, 11) is 0. The molecule has 1 aromatic heterocycles. The smallest absolute Gasteiger partial charge is 0.0667 e. The molecule has 0 aliphatic carbocycles. The van der Waals surface area contributed by atoms with Crippen molar-refractivity contribution < 1.29 is 5.11 Å². The fourth-order valence-corrected chi connectivity index (χ4v) is 2.02. The van der Waals surface area contributed by atoms with Crippen molar-refractivity contribution in [2.75, 3.05) is 13.1 Å². The van der Waals surface area contributed by atoms with Crippen LogP contribution in [0.4, 0.5) is 0 Å². The Bertz CT molecular complexity index is 310. The van der Waals surface area contributed by atoms with Crippen molar-refractivity contribution in [1.82, 2.24) is 9.88 Å². The highest BCUT2D eigenvalue weighted by Crippen LogP contribution is 2.13. The molecule has 2 heterocycles. The van der Waals surface area contributed by atoms with Gasteiger partial charge in [-0.1, -0.05) is 6.07 Å². The van der Waals surface area contributed by atoms with Crippen LogP contribution in [0.1, 0.15) is 24.1 Å². The number of aliphatic hydroxyl groups excluding tert-OH is 1. The third-order valence-electron chi connectivity index (χ3n) is 2.86. The van der Waals surface area contributed by atoms with Crippen LogP contribution in [0.15, 0.2) is 18.3 Å². The normalized spacial score (nSPS) is 22.9. The Balaban J connectivity index is 1.93. The number of nitrogens with zero attached hydrogens (tertiary/aromatic N) is 2. The summed E-state index contributed by atoms with van der Waals surface area (Å²) in [6, 6.07) is 4.15. The van der Waals surface area contributed by atoms with Gasteiger partial charge in [0, 0.05) is 25.0 Å². The van der Waals surface area contributed by atoms with Crippen LogP contribution in [0.5, 0.6) is 0 Å². The molecule has 1 atom stereocenters. The molecule has 3 heteroatoms. The molecule has 1 fully saturated rings. The highest BCUT2D eigenvalue weighted by atomic mass is 16.3. The fraction of sp³-hybridized carbons (Fsp3) is 0.583. The topological polar surface area (TPSA) is 36.4 Å². The number of rotatable bonds is 2. The van der Waals surface area contributed by atoms with Crippen LogP contribution < -0.4 is 0 Å². The predicted octanol–water partition coefficient (Wildman–Crippen LogP) is 1.35. The average molecular weight is 206 g/mol. The van der Waals surface area contributed by atoms with Gasteiger partial charge in [0.2, 0.25) is 0 Å². The van der Waals surface area contributed by atoms with E-state index in [9.17, 15) is 5.11 Å². The maximum Gasteiger partial charge on any atom is 0.0667 e. The number of β-amino-alcohol motifs (C(OH)–C–C–N with tert-alkyl or cyclic N) is 1. The maximum absolute atomic E-state index is 9.54. The summed E-state index contributed by atoms with van der Waals surface area (Å²) in [6.45, 7) is 4.79. The fourth-order valence-electron chi connectivity index (χ4n) is 2.02. The molecule has 1 aliphatic heterocycles. The number of hydrogen-bond donors (Lipinski definition) is 1. The van der Waals surface area contributed by atoms with E-state index in [0.29, 0.717) is 0 Å². The molecule has 0 radical (unpaired) electrons. The third-order valence-corrected chi connectivity index (χ3v) is 2.86. The number of hydrogen-bond acceptors (Lipinski definition) is 3. The summed E-state index contributed by atoms with van der Waals surface area (Å²) in [5.74, 6) is 0. The van der Waals surface area contributed by atoms with Crippen LogP contribution in [0.2, 0.25) is 0 Å². The molecule has 0 saturated carbocycles. The first-order valence-corrected chi connectivity index (χ1v) is 5.56. The molecule has 1 saturated heterocycles. The Morgan fingerprint density at radius 2 is 2.40 bits per heavy atom. The highest BCUT2D eigenvalue weighted by Gasteiger charge is 2.17. The third kappa shape index (κ3) is 3.01. The van der Waals surface area contributed by atoms with E-state index in [-0.39, 0.29) is 6.10 Å². The quantitative estimate of drug-likeness (QED) is 0.793. The van der Waals surface area contributed by atoms with Gasteiger partial charge in [-0.25, -0.2) is 0 Å². The van der Waals surface area contributed by atoms with Crippen molar-refractivity contribution in [3.8, 4) is 0 Å². The lowest BCUT2D eigenvalue weighted by Gasteiger charge is -2.29. The Morgan fingerprint density at radius 1 is 1.53 bits per heavy atom. The van der Waals surface area contributed by atoms with Gasteiger partial charge in [0.25, 0.3) is 0 Å². The lowest BCUT2D eigenvalue weighted by Crippen LogP contribution is -2.37. The standard InChI is InChI=1S/C12H18N2O/c1-10-4-5-11(7-13-10)8-14-6-2-3-12(15)9-14/h4-5,7,12,15H,2-3,6,8-9H2,1H3/t12-/m0/s1. The summed E-state index contributed by atoms with van der Waals surface area (Å²) in [4.78, 5) is 6.57. The molecule has 2 rings (SSSR count). The molecule has 0 amide bonds. The number of piperidine rings is 1. The molecule has 3 nitrogen and oxygen atoms in total. The molecule has 15 heavy (non-hydrogen) atoms. The Labute approximate surface area is 90.8 Å². The summed E-state index contributed by atoms with van der Waals surface area (Å²) in [6.07, 6.45) is 3.83. The van der Waals surface area contributed by atoms with E-state index in [4.69, 9.17) is 0 Å². The molecule has 82 valence electrons. The van der Waals surface area contributed by atoms with Crippen LogP contribution in [0, 0.1) is 6.92 Å². The van der Waals surface area contributed by atoms with Crippen LogP contribution in [-0.4, -0.2) is 34.2 Å². The Morgan fingerprint density at radius 3 is 3.07 bits per heavy atom. The average Bonchev–Trinajstić information content (AvgIpc) is 2.22. The number of aromatic nitrogens is 1. The van der Waals surface area contributed by atoms with Gasteiger partial charge in [0.05, 0.1) is 6.10 Å². The molecule has 0 spiro atoms. The van der Waals surface area contributed by atoms with E-state index in [1.165, 1.54) is 5.56 Å². The van der Waals surface area contributed by atoms with Crippen LogP contribution in [0.3, 0.4) is 0 Å². The number of pyridine rings is 1. The van der Waals surface area contributed by atoms with Gasteiger partial charge >= 0.3 is 0 Å². The minimum atomic E-state index is -0.142. The van der Waals surface area contributed by atoms with Crippen molar-refractivity contribution in [2.24, 2.45) is 0 Å². The monoisotopic (exact) mass is 206 g/mol. The first-order valence-electron chi connectivity index (χ1n) is 5.56. The Kier molecular flexibility index (Phi) is 3.34. The second kappa shape index (κ2) is 4.73. The largest absolute Gasteiger partial charge is 0.392 e. The molecule has 0 unspecified atom stereocenters. The van der Waals surface area contributed by atoms with E-state index < -0.39 is 0 Å². The van der Waals surface area contributed by atoms with Gasteiger partial charge in [0.1, 0.15) is 0 Å². The molecule has 1 aliphatic rings. The van der Waals surface area contributed by atoms with E-state index in [0.717, 1.165) is 38.2 Å². The van der Waals surface area contributed by atoms with Crippen LogP contribution in [0.25, 0.3) is 0 Å². The summed E-state index contributed by atoms with van der Waals surface area (Å²) in [5, 5.41) is 9.54. The zero-order valence-corrected chi connectivity index (χ0v) is 9.19. The van der Waals surface area contributed by atoms with Crippen molar-refractivity contribution in [3.63, 3.8) is 0 Å². The Hall–Kier alpha value is -0.930. The van der Waals surface area contributed by atoms with E-state index in [1.54, 1.807) is 0 Å². The molecular formula is C12H18N2O. The van der Waals surface area contributed by atoms with E-state index in [2.05, 4.69) is 16.0 Å². The minimum Gasteiger partial charge on any atom is -0.392 e. The number of aliphatic hydroxyl groups is 1. The maximum atomic E-state index is 9.54. The van der Waals surface area contributed by atoms with E-state index in [1.807, 2.05) is 19.2 Å². The van der Waals surface area contributed by atoms with Gasteiger partial charge in [-0.3, -0.25) is 9.88 Å². The van der Waals surface area contributed by atoms with Crippen molar-refractivity contribution >= 4 is 0 Å². The lowest BCUT2D eigenvalue weighted by atomic mass is 10.1. The molecule has 1 aromatic rings. The van der Waals surface area contributed by atoms with Gasteiger partial charge in [-0.05, 0) is 37.9 Å². The molecule has 1 N–H and O–H groups in total. The zero-order chi connectivity index (χ0) is 10.7. The minimum absolute atomic E-state index is 0.142. The second-order valence-corrected chi connectivity index (χ2v) is 4.34. The first-order chi connectivity index (χ1) is 7.24. The summed E-state index contributed by atoms with van der Waals surface area (Å²) in [5.41, 5.74) is 2.28. The van der Waals surface area contributed by atoms with Crippen LogP contribution >= 0.6 is 0 Å². The van der Waals surface area contributed by atoms with Gasteiger partial charge < -0.3 is 5.11 Å². The summed E-state index contributed by atoms with van der Waals surface area (Å²) < 4.78 is 0. The van der Waals surface area contributed by atoms with Crippen LogP contribution in [-0.2, 0) is 6.54 Å². The molecular weight excluding hydrogens is 188 g/mol. The predicted molar refractivity (Wildman–Crippen MR) is 59.5 cm³/mol. The zero-order valence-electron chi connectivity index (χ0n) is 9.19. The second-order valence-electron chi connectivity index (χ2n) is 4.34. The summed E-state index contributed by atoms with van der Waals surface area (Å²) >= 11 is 0. The van der Waals surface area contributed by atoms with Crippen molar-refractivity contribution in [2.45, 2.75) is 32.4 Å². The van der Waals surface area contributed by atoms with Crippen molar-refractivity contribution in [1.29, 1.82) is 0 Å². The van der Waals surface area contributed by atoms with Gasteiger partial charge in [-0.2, -0.15) is 0 Å². The first kappa shape index (κ1) is 10.6. The van der Waals surface area contributed by atoms with Crippen molar-refractivity contribution in [3.05, 3.63) is 29.6 Å². The highest BCUT2D eigenvalue weighted by molar-refractivity contribution is 5.13. The van der Waals surface area contributed by atoms with Gasteiger partial charge in [-0.15, -0.1) is 0 Å².